The second kappa shape index (κ2) is 4.41. The van der Waals surface area contributed by atoms with E-state index in [9.17, 15) is 0 Å². The molecule has 0 atom stereocenters. The predicted octanol–water partition coefficient (Wildman–Crippen LogP) is 3.70. The summed E-state index contributed by atoms with van der Waals surface area (Å²) in [5, 5.41) is 0. The van der Waals surface area contributed by atoms with Gasteiger partial charge in [0.1, 0.15) is 0 Å². The van der Waals surface area contributed by atoms with Gasteiger partial charge >= 0.3 is 0 Å². The Balaban J connectivity index is 2.12. The zero-order chi connectivity index (χ0) is 12.5. The van der Waals surface area contributed by atoms with Crippen molar-refractivity contribution in [2.45, 2.75) is 20.3 Å². The Morgan fingerprint density at radius 1 is 0.944 bits per heavy atom. The van der Waals surface area contributed by atoms with Crippen LogP contribution in [0.25, 0.3) is 0 Å². The third-order valence-corrected chi connectivity index (χ3v) is 3.62. The normalized spacial score (nSPS) is 14.0. The van der Waals surface area contributed by atoms with E-state index in [1.807, 2.05) is 0 Å². The van der Waals surface area contributed by atoms with Crippen LogP contribution in [0.2, 0.25) is 0 Å². The Hall–Kier alpha value is -1.89. The summed E-state index contributed by atoms with van der Waals surface area (Å²) in [5.41, 5.74) is 7.83. The van der Waals surface area contributed by atoms with Gasteiger partial charge < -0.3 is 0 Å². The summed E-state index contributed by atoms with van der Waals surface area (Å²) in [6, 6.07) is 15.2. The largest absolute Gasteiger partial charge is 0.284 e. The Labute approximate surface area is 108 Å². The zero-order valence-corrected chi connectivity index (χ0v) is 10.9. The van der Waals surface area contributed by atoms with Crippen molar-refractivity contribution in [3.63, 3.8) is 0 Å². The van der Waals surface area contributed by atoms with Crippen molar-refractivity contribution in [3.05, 3.63) is 70.3 Å². The van der Waals surface area contributed by atoms with Crippen LogP contribution in [0.3, 0.4) is 0 Å². The van der Waals surface area contributed by atoms with Crippen molar-refractivity contribution in [1.82, 2.24) is 0 Å². The van der Waals surface area contributed by atoms with Gasteiger partial charge in [0, 0.05) is 17.7 Å². The first-order valence-electron chi connectivity index (χ1n) is 6.46. The lowest BCUT2D eigenvalue weighted by atomic mass is 9.90. The van der Waals surface area contributed by atoms with Gasteiger partial charge in [0.05, 0.1) is 5.71 Å². The summed E-state index contributed by atoms with van der Waals surface area (Å²) >= 11 is 0. The van der Waals surface area contributed by atoms with Crippen molar-refractivity contribution in [1.29, 1.82) is 0 Å². The van der Waals surface area contributed by atoms with Crippen LogP contribution in [0, 0.1) is 13.8 Å². The van der Waals surface area contributed by atoms with Crippen LogP contribution in [0.5, 0.6) is 0 Å². The minimum atomic E-state index is 0.904. The van der Waals surface area contributed by atoms with E-state index in [1.54, 1.807) is 0 Å². The van der Waals surface area contributed by atoms with Crippen LogP contribution in [0.15, 0.2) is 47.5 Å². The molecule has 90 valence electrons. The van der Waals surface area contributed by atoms with Gasteiger partial charge in [-0.2, -0.15) is 0 Å². The molecule has 0 amide bonds. The zero-order valence-electron chi connectivity index (χ0n) is 10.9. The molecule has 0 unspecified atom stereocenters. The van der Waals surface area contributed by atoms with E-state index in [0.29, 0.717) is 0 Å². The lowest BCUT2D eigenvalue weighted by Crippen LogP contribution is -2.15. The van der Waals surface area contributed by atoms with Gasteiger partial charge in [-0.05, 0) is 31.4 Å². The summed E-state index contributed by atoms with van der Waals surface area (Å²) in [4.78, 5) is 4.73. The minimum Gasteiger partial charge on any atom is -0.284 e. The Morgan fingerprint density at radius 2 is 1.72 bits per heavy atom. The Kier molecular flexibility index (Phi) is 2.75. The number of hydrogen-bond acceptors (Lipinski definition) is 1. The molecule has 1 heterocycles. The number of aryl methyl sites for hydroxylation is 2. The molecular formula is C17H17N. The molecule has 0 bridgehead atoms. The van der Waals surface area contributed by atoms with E-state index in [0.717, 1.165) is 18.7 Å². The van der Waals surface area contributed by atoms with Crippen molar-refractivity contribution in [2.24, 2.45) is 4.99 Å². The fourth-order valence-electron chi connectivity index (χ4n) is 2.58. The molecular weight excluding hydrogens is 218 g/mol. The standard InChI is InChI=1S/C17H17N/c1-12-6-8-14(9-7-12)17-16-5-3-4-13(2)15(16)10-11-18-17/h3-9H,10-11H2,1-2H3. The molecule has 1 heteroatoms. The number of aliphatic imine (C=N–C) groups is 1. The van der Waals surface area contributed by atoms with Crippen LogP contribution < -0.4 is 0 Å². The molecule has 3 rings (SSSR count). The molecule has 0 spiro atoms. The average molecular weight is 235 g/mol. The molecule has 1 aliphatic heterocycles. The molecule has 1 nitrogen and oxygen atoms in total. The maximum Gasteiger partial charge on any atom is 0.0721 e. The molecule has 2 aromatic rings. The molecule has 1 aliphatic rings. The highest BCUT2D eigenvalue weighted by Crippen LogP contribution is 2.23. The van der Waals surface area contributed by atoms with Crippen LogP contribution in [-0.4, -0.2) is 12.3 Å². The highest BCUT2D eigenvalue weighted by Gasteiger charge is 2.16. The molecule has 2 aromatic carbocycles. The highest BCUT2D eigenvalue weighted by atomic mass is 14.7. The summed E-state index contributed by atoms with van der Waals surface area (Å²) in [7, 11) is 0. The third kappa shape index (κ3) is 1.86. The summed E-state index contributed by atoms with van der Waals surface area (Å²) in [5.74, 6) is 0. The molecule has 18 heavy (non-hydrogen) atoms. The number of nitrogens with zero attached hydrogens (tertiary/aromatic N) is 1. The van der Waals surface area contributed by atoms with Crippen molar-refractivity contribution in [2.75, 3.05) is 6.54 Å². The summed E-state index contributed by atoms with van der Waals surface area (Å²) in [6.45, 7) is 5.21. The van der Waals surface area contributed by atoms with Gasteiger partial charge in [-0.1, -0.05) is 48.0 Å². The number of benzene rings is 2. The SMILES string of the molecule is Cc1ccc(C2=NCCc3c(C)cccc32)cc1. The van der Waals surface area contributed by atoms with Crippen molar-refractivity contribution < 1.29 is 0 Å². The maximum absolute atomic E-state index is 4.73. The number of fused-ring (bicyclic) bond motifs is 1. The maximum atomic E-state index is 4.73. The van der Waals surface area contributed by atoms with Gasteiger partial charge in [0.15, 0.2) is 0 Å². The van der Waals surface area contributed by atoms with E-state index in [2.05, 4.69) is 56.3 Å². The van der Waals surface area contributed by atoms with Crippen LogP contribution in [-0.2, 0) is 6.42 Å². The fourth-order valence-corrected chi connectivity index (χ4v) is 2.58. The third-order valence-electron chi connectivity index (χ3n) is 3.62. The number of hydrogen-bond donors (Lipinski definition) is 0. The molecule has 0 N–H and O–H groups in total. The van der Waals surface area contributed by atoms with E-state index >= 15 is 0 Å². The lowest BCUT2D eigenvalue weighted by Gasteiger charge is -2.19. The smallest absolute Gasteiger partial charge is 0.0721 e. The van der Waals surface area contributed by atoms with Gasteiger partial charge in [0.2, 0.25) is 0 Å². The summed E-state index contributed by atoms with van der Waals surface area (Å²) in [6.07, 6.45) is 1.07. The quantitative estimate of drug-likeness (QED) is 0.714. The highest BCUT2D eigenvalue weighted by molar-refractivity contribution is 6.14. The molecule has 0 aliphatic carbocycles. The first-order valence-corrected chi connectivity index (χ1v) is 6.46. The summed E-state index contributed by atoms with van der Waals surface area (Å²) < 4.78 is 0. The second-order valence-corrected chi connectivity index (χ2v) is 4.95. The average Bonchev–Trinajstić information content (AvgIpc) is 2.40. The van der Waals surface area contributed by atoms with E-state index in [1.165, 1.54) is 27.8 Å². The van der Waals surface area contributed by atoms with Crippen LogP contribution in [0.1, 0.15) is 27.8 Å². The molecule has 0 radical (unpaired) electrons. The van der Waals surface area contributed by atoms with Crippen LogP contribution in [0.4, 0.5) is 0 Å². The van der Waals surface area contributed by atoms with Crippen molar-refractivity contribution >= 4 is 5.71 Å². The Morgan fingerprint density at radius 3 is 2.50 bits per heavy atom. The van der Waals surface area contributed by atoms with Gasteiger partial charge in [-0.25, -0.2) is 0 Å². The molecule has 0 aromatic heterocycles. The van der Waals surface area contributed by atoms with E-state index in [4.69, 9.17) is 4.99 Å². The van der Waals surface area contributed by atoms with Gasteiger partial charge in [-0.3, -0.25) is 4.99 Å². The van der Waals surface area contributed by atoms with Crippen molar-refractivity contribution in [3.8, 4) is 0 Å². The monoisotopic (exact) mass is 235 g/mol. The fraction of sp³-hybridized carbons (Fsp3) is 0.235. The minimum absolute atomic E-state index is 0.904. The Bertz CT molecular complexity index is 606. The van der Waals surface area contributed by atoms with Gasteiger partial charge in [-0.15, -0.1) is 0 Å². The molecule has 0 fully saturated rings. The topological polar surface area (TPSA) is 12.4 Å². The van der Waals surface area contributed by atoms with E-state index < -0.39 is 0 Å². The van der Waals surface area contributed by atoms with Gasteiger partial charge in [0.25, 0.3) is 0 Å². The van der Waals surface area contributed by atoms with Crippen LogP contribution >= 0.6 is 0 Å². The lowest BCUT2D eigenvalue weighted by molar-refractivity contribution is 0.933. The number of rotatable bonds is 1. The van der Waals surface area contributed by atoms with E-state index in [-0.39, 0.29) is 0 Å². The molecule has 0 saturated carbocycles. The first kappa shape index (κ1) is 11.2. The first-order chi connectivity index (χ1) is 8.75. The predicted molar refractivity (Wildman–Crippen MR) is 76.6 cm³/mol. The molecule has 0 saturated heterocycles. The second-order valence-electron chi connectivity index (χ2n) is 4.95.